The number of anilines is 2. The third-order valence-corrected chi connectivity index (χ3v) is 6.63. The second-order valence-electron chi connectivity index (χ2n) is 9.09. The SMILES string of the molecule is NC(=O)N(c1ccc(Oc2ccccc2)cc1)c1ccc2cn(CCCN3CCC[C@H]3CO)nc2c1. The summed E-state index contributed by atoms with van der Waals surface area (Å²) in [4.78, 5) is 16.2. The summed E-state index contributed by atoms with van der Waals surface area (Å²) in [5, 5.41) is 15.2. The number of aliphatic hydroxyl groups excluding tert-OH is 1. The summed E-state index contributed by atoms with van der Waals surface area (Å²) in [7, 11) is 0. The molecule has 186 valence electrons. The quantitative estimate of drug-likeness (QED) is 0.352. The van der Waals surface area contributed by atoms with Crippen molar-refractivity contribution in [1.29, 1.82) is 0 Å². The smallest absolute Gasteiger partial charge is 0.323 e. The van der Waals surface area contributed by atoms with Crippen LogP contribution in [0.5, 0.6) is 11.5 Å². The lowest BCUT2D eigenvalue weighted by atomic mass is 10.2. The molecule has 8 nitrogen and oxygen atoms in total. The van der Waals surface area contributed by atoms with E-state index in [1.54, 1.807) is 0 Å². The van der Waals surface area contributed by atoms with E-state index >= 15 is 0 Å². The third kappa shape index (κ3) is 5.35. The molecule has 2 heterocycles. The predicted octanol–water partition coefficient (Wildman–Crippen LogP) is 4.89. The first kappa shape index (κ1) is 23.8. The average molecular weight is 486 g/mol. The van der Waals surface area contributed by atoms with E-state index in [0.717, 1.165) is 55.5 Å². The van der Waals surface area contributed by atoms with Gasteiger partial charge in [-0.15, -0.1) is 0 Å². The number of benzene rings is 3. The number of hydrogen-bond acceptors (Lipinski definition) is 5. The molecule has 0 saturated carbocycles. The summed E-state index contributed by atoms with van der Waals surface area (Å²) in [5.74, 6) is 1.41. The van der Waals surface area contributed by atoms with Crippen molar-refractivity contribution in [2.45, 2.75) is 31.8 Å². The Kier molecular flexibility index (Phi) is 7.16. The van der Waals surface area contributed by atoms with E-state index in [4.69, 9.17) is 15.6 Å². The Labute approximate surface area is 210 Å². The van der Waals surface area contributed by atoms with Crippen molar-refractivity contribution in [1.82, 2.24) is 14.7 Å². The number of aromatic nitrogens is 2. The number of aliphatic hydroxyl groups is 1. The number of nitrogens with two attached hydrogens (primary N) is 1. The van der Waals surface area contributed by atoms with Crippen LogP contribution in [0, 0.1) is 0 Å². The number of primary amides is 1. The average Bonchev–Trinajstić information content (AvgIpc) is 3.51. The highest BCUT2D eigenvalue weighted by Crippen LogP contribution is 2.30. The highest BCUT2D eigenvalue weighted by Gasteiger charge is 2.23. The monoisotopic (exact) mass is 485 g/mol. The van der Waals surface area contributed by atoms with E-state index in [-0.39, 0.29) is 6.61 Å². The maximum atomic E-state index is 12.4. The molecule has 5 rings (SSSR count). The second-order valence-corrected chi connectivity index (χ2v) is 9.09. The van der Waals surface area contributed by atoms with Crippen molar-refractivity contribution < 1.29 is 14.6 Å². The molecule has 1 fully saturated rings. The first-order valence-corrected chi connectivity index (χ1v) is 12.4. The number of carbonyl (C=O) groups excluding carboxylic acids is 1. The highest BCUT2D eigenvalue weighted by molar-refractivity contribution is 6.00. The van der Waals surface area contributed by atoms with Crippen LogP contribution in [0.15, 0.2) is 79.0 Å². The van der Waals surface area contributed by atoms with E-state index in [1.165, 1.54) is 4.90 Å². The van der Waals surface area contributed by atoms with Crippen LogP contribution in [0.3, 0.4) is 0 Å². The fourth-order valence-corrected chi connectivity index (χ4v) is 4.83. The number of urea groups is 1. The molecule has 0 aliphatic carbocycles. The van der Waals surface area contributed by atoms with Crippen molar-refractivity contribution in [2.75, 3.05) is 24.6 Å². The minimum atomic E-state index is -0.574. The summed E-state index contributed by atoms with van der Waals surface area (Å²) < 4.78 is 7.80. The number of likely N-dealkylation sites (tertiary alicyclic amines) is 1. The van der Waals surface area contributed by atoms with Gasteiger partial charge in [0.2, 0.25) is 0 Å². The van der Waals surface area contributed by atoms with E-state index in [2.05, 4.69) is 4.90 Å². The predicted molar refractivity (Wildman–Crippen MR) is 141 cm³/mol. The van der Waals surface area contributed by atoms with E-state index in [9.17, 15) is 9.90 Å². The Bertz CT molecular complexity index is 1310. The number of aryl methyl sites for hydroxylation is 1. The molecule has 0 unspecified atom stereocenters. The summed E-state index contributed by atoms with van der Waals surface area (Å²) in [6, 6.07) is 22.2. The molecule has 1 saturated heterocycles. The van der Waals surface area contributed by atoms with E-state index in [1.807, 2.05) is 83.7 Å². The molecular formula is C28H31N5O3. The van der Waals surface area contributed by atoms with Crippen molar-refractivity contribution in [3.05, 3.63) is 79.0 Å². The minimum absolute atomic E-state index is 0.230. The second kappa shape index (κ2) is 10.8. The standard InChI is InChI=1S/C28H31N5O3/c29-28(35)33(22-11-13-26(14-12-22)36-25-7-2-1-3-8-25)23-10-9-21-19-32(30-27(21)18-23)17-5-16-31-15-4-6-24(31)20-34/h1-3,7-14,18-19,24,34H,4-6,15-17,20H2,(H2,29,35)/t24-/m0/s1. The molecule has 1 atom stereocenters. The van der Waals surface area contributed by atoms with Crippen LogP contribution in [0.2, 0.25) is 0 Å². The number of hydrogen-bond donors (Lipinski definition) is 2. The molecule has 8 heteroatoms. The Morgan fingerprint density at radius 3 is 2.53 bits per heavy atom. The lowest BCUT2D eigenvalue weighted by Gasteiger charge is -2.22. The van der Waals surface area contributed by atoms with Gasteiger partial charge in [-0.25, -0.2) is 4.79 Å². The van der Waals surface area contributed by atoms with Gasteiger partial charge in [0, 0.05) is 30.7 Å². The zero-order valence-corrected chi connectivity index (χ0v) is 20.2. The third-order valence-electron chi connectivity index (χ3n) is 6.63. The molecule has 0 radical (unpaired) electrons. The van der Waals surface area contributed by atoms with Gasteiger partial charge in [-0.2, -0.15) is 5.10 Å². The number of ether oxygens (including phenoxy) is 1. The zero-order chi connectivity index (χ0) is 24.9. The summed E-state index contributed by atoms with van der Waals surface area (Å²) >= 11 is 0. The van der Waals surface area contributed by atoms with Crippen molar-refractivity contribution in [3.63, 3.8) is 0 Å². The molecule has 1 aliphatic rings. The number of nitrogens with zero attached hydrogens (tertiary/aromatic N) is 4. The first-order valence-electron chi connectivity index (χ1n) is 12.4. The molecule has 36 heavy (non-hydrogen) atoms. The minimum Gasteiger partial charge on any atom is -0.457 e. The van der Waals surface area contributed by atoms with Crippen LogP contribution in [-0.4, -0.2) is 51.6 Å². The first-order chi connectivity index (χ1) is 17.6. The van der Waals surface area contributed by atoms with Gasteiger partial charge in [0.05, 0.1) is 23.5 Å². The molecule has 0 bridgehead atoms. The maximum absolute atomic E-state index is 12.4. The van der Waals surface area contributed by atoms with Crippen LogP contribution >= 0.6 is 0 Å². The van der Waals surface area contributed by atoms with Gasteiger partial charge < -0.3 is 15.6 Å². The molecule has 1 aliphatic heterocycles. The molecule has 2 amide bonds. The molecule has 4 aromatic rings. The summed E-state index contributed by atoms with van der Waals surface area (Å²) in [6.45, 7) is 3.03. The van der Waals surface area contributed by atoms with E-state index < -0.39 is 6.03 Å². The Morgan fingerprint density at radius 2 is 1.78 bits per heavy atom. The number of carbonyl (C=O) groups is 1. The van der Waals surface area contributed by atoms with Crippen LogP contribution in [-0.2, 0) is 6.54 Å². The van der Waals surface area contributed by atoms with Gasteiger partial charge in [0.1, 0.15) is 11.5 Å². The van der Waals surface area contributed by atoms with Gasteiger partial charge in [0.15, 0.2) is 0 Å². The number of amides is 2. The van der Waals surface area contributed by atoms with Gasteiger partial charge >= 0.3 is 6.03 Å². The van der Waals surface area contributed by atoms with Crippen LogP contribution < -0.4 is 15.4 Å². The molecule has 3 aromatic carbocycles. The molecule has 3 N–H and O–H groups in total. The molecule has 1 aromatic heterocycles. The van der Waals surface area contributed by atoms with Crippen LogP contribution in [0.4, 0.5) is 16.2 Å². The van der Waals surface area contributed by atoms with E-state index in [0.29, 0.717) is 23.2 Å². The Hall–Kier alpha value is -3.88. The number of fused-ring (bicyclic) bond motifs is 1. The van der Waals surface area contributed by atoms with Crippen molar-refractivity contribution in [3.8, 4) is 11.5 Å². The normalized spacial score (nSPS) is 15.9. The van der Waals surface area contributed by atoms with Crippen molar-refractivity contribution >= 4 is 28.3 Å². The van der Waals surface area contributed by atoms with Gasteiger partial charge in [0.25, 0.3) is 0 Å². The van der Waals surface area contributed by atoms with Crippen molar-refractivity contribution in [2.24, 2.45) is 5.73 Å². The summed E-state index contributed by atoms with van der Waals surface area (Å²) in [5.41, 5.74) is 7.87. The Balaban J connectivity index is 1.28. The molecular weight excluding hydrogens is 454 g/mol. The zero-order valence-electron chi connectivity index (χ0n) is 20.2. The fraction of sp³-hybridized carbons (Fsp3) is 0.286. The number of rotatable bonds is 9. The van der Waals surface area contributed by atoms with Crippen LogP contribution in [0.1, 0.15) is 19.3 Å². The maximum Gasteiger partial charge on any atom is 0.323 e. The van der Waals surface area contributed by atoms with Gasteiger partial charge in [-0.05, 0) is 80.4 Å². The van der Waals surface area contributed by atoms with Gasteiger partial charge in [-0.1, -0.05) is 18.2 Å². The van der Waals surface area contributed by atoms with Crippen LogP contribution in [0.25, 0.3) is 10.9 Å². The fourth-order valence-electron chi connectivity index (χ4n) is 4.83. The summed E-state index contributed by atoms with van der Waals surface area (Å²) in [6.07, 6.45) is 5.21. The van der Waals surface area contributed by atoms with Gasteiger partial charge in [-0.3, -0.25) is 14.5 Å². The Morgan fingerprint density at radius 1 is 1.03 bits per heavy atom. The number of para-hydroxylation sites is 1. The topological polar surface area (TPSA) is 96.9 Å². The lowest BCUT2D eigenvalue weighted by Crippen LogP contribution is -2.33. The lowest BCUT2D eigenvalue weighted by molar-refractivity contribution is 0.156. The highest BCUT2D eigenvalue weighted by atomic mass is 16.5. The largest absolute Gasteiger partial charge is 0.457 e. The molecule has 0 spiro atoms.